The van der Waals surface area contributed by atoms with Crippen LogP contribution in [0.5, 0.6) is 0 Å². The average Bonchev–Trinajstić information content (AvgIpc) is 3.30. The van der Waals surface area contributed by atoms with Crippen molar-refractivity contribution in [3.8, 4) is 11.3 Å². The van der Waals surface area contributed by atoms with Crippen molar-refractivity contribution in [2.24, 2.45) is 0 Å². The SMILES string of the molecule is Cc1nc(-c2ccc(C(=O)Nc3cc(C(F)(F)F)ccn3)cc2)c2c(N)ncc(C(=O)NCc3cccnc3)n12. The molecular weight excluding hydrogens is 525 g/mol. The smallest absolute Gasteiger partial charge is 0.382 e. The van der Waals surface area contributed by atoms with Crippen LogP contribution in [0.25, 0.3) is 16.8 Å². The molecule has 4 N–H and O–H groups in total. The zero-order chi connectivity index (χ0) is 28.4. The Labute approximate surface area is 225 Å². The Morgan fingerprint density at radius 1 is 1.00 bits per heavy atom. The summed E-state index contributed by atoms with van der Waals surface area (Å²) in [5.74, 6) is -0.616. The van der Waals surface area contributed by atoms with Gasteiger partial charge in [-0.15, -0.1) is 0 Å². The molecule has 0 unspecified atom stereocenters. The monoisotopic (exact) mass is 546 g/mol. The maximum atomic E-state index is 13.0. The van der Waals surface area contributed by atoms with E-state index in [-0.39, 0.29) is 35.3 Å². The molecule has 0 aliphatic rings. The molecule has 0 atom stereocenters. The summed E-state index contributed by atoms with van der Waals surface area (Å²) in [7, 11) is 0. The van der Waals surface area contributed by atoms with E-state index in [1.165, 1.54) is 18.3 Å². The van der Waals surface area contributed by atoms with Gasteiger partial charge in [-0.1, -0.05) is 18.2 Å². The third kappa shape index (κ3) is 5.29. The van der Waals surface area contributed by atoms with Gasteiger partial charge in [-0.25, -0.2) is 15.0 Å². The van der Waals surface area contributed by atoms with Gasteiger partial charge >= 0.3 is 6.18 Å². The molecule has 0 saturated heterocycles. The van der Waals surface area contributed by atoms with E-state index in [0.717, 1.165) is 23.9 Å². The number of pyridine rings is 2. The molecule has 4 aromatic heterocycles. The van der Waals surface area contributed by atoms with E-state index in [2.05, 4.69) is 30.6 Å². The number of nitrogens with two attached hydrogens (primary N) is 1. The van der Waals surface area contributed by atoms with Crippen LogP contribution in [0, 0.1) is 6.92 Å². The second kappa shape index (κ2) is 10.4. The highest BCUT2D eigenvalue weighted by Gasteiger charge is 2.31. The number of imidazole rings is 1. The average molecular weight is 547 g/mol. The van der Waals surface area contributed by atoms with Crippen molar-refractivity contribution in [3.05, 3.63) is 102 Å². The fraction of sp³-hybridized carbons (Fsp3) is 0.111. The van der Waals surface area contributed by atoms with Crippen LogP contribution in [-0.2, 0) is 12.7 Å². The van der Waals surface area contributed by atoms with Gasteiger partial charge in [-0.2, -0.15) is 13.2 Å². The minimum Gasteiger partial charge on any atom is -0.382 e. The highest BCUT2D eigenvalue weighted by atomic mass is 19.4. The zero-order valence-corrected chi connectivity index (χ0v) is 20.9. The molecule has 202 valence electrons. The van der Waals surface area contributed by atoms with Gasteiger partial charge in [0.1, 0.15) is 34.4 Å². The van der Waals surface area contributed by atoms with Crippen LogP contribution in [0.3, 0.4) is 0 Å². The van der Waals surface area contributed by atoms with Gasteiger partial charge in [-0.3, -0.25) is 19.0 Å². The van der Waals surface area contributed by atoms with Gasteiger partial charge in [0.15, 0.2) is 0 Å². The summed E-state index contributed by atoms with van der Waals surface area (Å²) in [4.78, 5) is 42.3. The third-order valence-corrected chi connectivity index (χ3v) is 6.01. The lowest BCUT2D eigenvalue weighted by Gasteiger charge is -2.10. The highest BCUT2D eigenvalue weighted by Crippen LogP contribution is 2.31. The van der Waals surface area contributed by atoms with Crippen LogP contribution in [0.15, 0.2) is 73.3 Å². The van der Waals surface area contributed by atoms with Crippen molar-refractivity contribution >= 4 is 29.0 Å². The summed E-state index contributed by atoms with van der Waals surface area (Å²) in [6.07, 6.45) is 1.07. The van der Waals surface area contributed by atoms with Crippen LogP contribution < -0.4 is 16.4 Å². The molecule has 40 heavy (non-hydrogen) atoms. The molecule has 0 spiro atoms. The summed E-state index contributed by atoms with van der Waals surface area (Å²) in [6.45, 7) is 1.98. The predicted octanol–water partition coefficient (Wildman–Crippen LogP) is 4.28. The van der Waals surface area contributed by atoms with E-state index in [1.807, 2.05) is 6.07 Å². The number of aromatic nitrogens is 5. The Bertz CT molecular complexity index is 1720. The van der Waals surface area contributed by atoms with Crippen LogP contribution in [0.1, 0.15) is 37.8 Å². The fourth-order valence-electron chi connectivity index (χ4n) is 4.09. The molecule has 5 rings (SSSR count). The number of amides is 2. The molecule has 10 nitrogen and oxygen atoms in total. The lowest BCUT2D eigenvalue weighted by molar-refractivity contribution is -0.137. The van der Waals surface area contributed by atoms with Gasteiger partial charge in [0.05, 0.1) is 11.8 Å². The second-order valence-electron chi connectivity index (χ2n) is 8.72. The summed E-state index contributed by atoms with van der Waals surface area (Å²) >= 11 is 0. The van der Waals surface area contributed by atoms with Crippen LogP contribution >= 0.6 is 0 Å². The van der Waals surface area contributed by atoms with E-state index >= 15 is 0 Å². The first-order chi connectivity index (χ1) is 19.1. The first-order valence-electron chi connectivity index (χ1n) is 11.9. The maximum Gasteiger partial charge on any atom is 0.416 e. The number of anilines is 2. The number of aryl methyl sites for hydroxylation is 1. The van der Waals surface area contributed by atoms with Gasteiger partial charge in [-0.05, 0) is 42.8 Å². The number of alkyl halides is 3. The van der Waals surface area contributed by atoms with Crippen molar-refractivity contribution in [3.63, 3.8) is 0 Å². The Hall–Kier alpha value is -5.33. The van der Waals surface area contributed by atoms with E-state index in [4.69, 9.17) is 5.73 Å². The van der Waals surface area contributed by atoms with E-state index < -0.39 is 17.6 Å². The molecule has 0 saturated carbocycles. The molecule has 0 fully saturated rings. The summed E-state index contributed by atoms with van der Waals surface area (Å²) in [5.41, 5.74) is 7.94. The molecule has 0 radical (unpaired) electrons. The largest absolute Gasteiger partial charge is 0.416 e. The fourth-order valence-corrected chi connectivity index (χ4v) is 4.09. The third-order valence-electron chi connectivity index (χ3n) is 6.01. The number of rotatable bonds is 6. The van der Waals surface area contributed by atoms with E-state index in [0.29, 0.717) is 22.6 Å². The second-order valence-corrected chi connectivity index (χ2v) is 8.72. The number of halogens is 3. The van der Waals surface area contributed by atoms with Crippen LogP contribution in [0.2, 0.25) is 0 Å². The van der Waals surface area contributed by atoms with Gasteiger partial charge in [0.25, 0.3) is 11.8 Å². The Balaban J connectivity index is 1.40. The normalized spacial score (nSPS) is 11.4. The molecule has 2 amide bonds. The quantitative estimate of drug-likeness (QED) is 0.289. The number of carbonyl (C=O) groups is 2. The van der Waals surface area contributed by atoms with E-state index in [1.54, 1.807) is 41.9 Å². The van der Waals surface area contributed by atoms with E-state index in [9.17, 15) is 22.8 Å². The zero-order valence-electron chi connectivity index (χ0n) is 20.9. The molecule has 5 aromatic rings. The van der Waals surface area contributed by atoms with Crippen LogP contribution in [-0.4, -0.2) is 36.2 Å². The van der Waals surface area contributed by atoms with Gasteiger partial charge in [0.2, 0.25) is 0 Å². The molecule has 0 bridgehead atoms. The Kier molecular flexibility index (Phi) is 6.86. The van der Waals surface area contributed by atoms with Crippen molar-refractivity contribution < 1.29 is 22.8 Å². The minimum absolute atomic E-state index is 0.150. The molecule has 4 heterocycles. The number of carbonyl (C=O) groups excluding carboxylic acids is 2. The van der Waals surface area contributed by atoms with Crippen molar-refractivity contribution in [1.82, 2.24) is 29.7 Å². The molecular formula is C27H21F3N8O2. The standard InChI is InChI=1S/C27H21F3N8O2/c1-15-36-22(23-24(31)34-14-20(38(15)23)26(40)35-13-16-3-2-9-32-12-16)17-4-6-18(7-5-17)25(39)37-21-11-19(8-10-33-21)27(28,29)30/h2-12,14H,13H2,1H3,(H2,31,34)(H,35,40)(H,33,37,39). The van der Waals surface area contributed by atoms with Crippen molar-refractivity contribution in [1.29, 1.82) is 0 Å². The number of nitrogens with zero attached hydrogens (tertiary/aromatic N) is 5. The topological polar surface area (TPSA) is 140 Å². The van der Waals surface area contributed by atoms with Gasteiger partial charge < -0.3 is 16.4 Å². The summed E-state index contributed by atoms with van der Waals surface area (Å²) in [5, 5.41) is 5.20. The number of benzene rings is 1. The number of nitrogen functional groups attached to an aromatic ring is 1. The molecule has 13 heteroatoms. The lowest BCUT2D eigenvalue weighted by Crippen LogP contribution is -2.25. The minimum atomic E-state index is -4.56. The summed E-state index contributed by atoms with van der Waals surface area (Å²) < 4.78 is 40.5. The number of fused-ring (bicyclic) bond motifs is 1. The number of hydrogen-bond donors (Lipinski definition) is 3. The number of nitrogens with one attached hydrogen (secondary N) is 2. The highest BCUT2D eigenvalue weighted by molar-refractivity contribution is 6.04. The van der Waals surface area contributed by atoms with Crippen molar-refractivity contribution in [2.45, 2.75) is 19.6 Å². The first kappa shape index (κ1) is 26.3. The molecule has 1 aromatic carbocycles. The first-order valence-corrected chi connectivity index (χ1v) is 11.9. The predicted molar refractivity (Wildman–Crippen MR) is 140 cm³/mol. The molecule has 0 aliphatic carbocycles. The Morgan fingerprint density at radius 3 is 2.48 bits per heavy atom. The van der Waals surface area contributed by atoms with Gasteiger partial charge in [0, 0.05) is 36.3 Å². The Morgan fingerprint density at radius 2 is 1.77 bits per heavy atom. The number of hydrogen-bond acceptors (Lipinski definition) is 7. The van der Waals surface area contributed by atoms with Crippen LogP contribution in [0.4, 0.5) is 24.8 Å². The molecule has 0 aliphatic heterocycles. The maximum absolute atomic E-state index is 13.0. The van der Waals surface area contributed by atoms with Crippen molar-refractivity contribution in [2.75, 3.05) is 11.1 Å². The lowest BCUT2D eigenvalue weighted by atomic mass is 10.1. The summed E-state index contributed by atoms with van der Waals surface area (Å²) in [6, 6.07) is 11.4.